The number of benzene rings is 5. The lowest BCUT2D eigenvalue weighted by molar-refractivity contribution is -0.432. The zero-order valence-corrected chi connectivity index (χ0v) is 34.1. The highest BCUT2D eigenvalue weighted by Crippen LogP contribution is 2.48. The Morgan fingerprint density at radius 3 is 2.12 bits per heavy atom. The topological polar surface area (TPSA) is 337 Å². The molecular formula is C31H24ClN7O16S5. The van der Waals surface area contributed by atoms with Crippen molar-refractivity contribution in [1.29, 1.82) is 0 Å². The number of halogens is 1. The molecule has 0 saturated carbocycles. The number of phenols is 1. The third kappa shape index (κ3) is 11.1. The SMILES string of the molecule is O=S(=O)(O)OCCS(=O)(=O)c1ccc(Nc2nc(Cl)nc(Nc3cc(S(=O)(=O)O)cc4cc(SOOO)c(N=Nc5ccc6ccccc6c5SOOO)c(O)c34)n2)cc1. The monoisotopic (exact) mass is 945 g/mol. The molecule has 0 fully saturated rings. The van der Waals surface area contributed by atoms with Crippen molar-refractivity contribution in [3.05, 3.63) is 84.1 Å². The van der Waals surface area contributed by atoms with E-state index < -0.39 is 58.6 Å². The molecule has 60 heavy (non-hydrogen) atoms. The van der Waals surface area contributed by atoms with Crippen LogP contribution in [0.1, 0.15) is 0 Å². The lowest BCUT2D eigenvalue weighted by Crippen LogP contribution is -2.15. The van der Waals surface area contributed by atoms with Crippen LogP contribution >= 0.6 is 35.7 Å². The van der Waals surface area contributed by atoms with Crippen molar-refractivity contribution in [1.82, 2.24) is 15.0 Å². The minimum Gasteiger partial charge on any atom is -0.505 e. The minimum absolute atomic E-state index is 0.0540. The summed E-state index contributed by atoms with van der Waals surface area (Å²) in [7, 11) is -13.8. The van der Waals surface area contributed by atoms with Crippen LogP contribution in [0.4, 0.5) is 34.6 Å². The molecule has 0 bridgehead atoms. The van der Waals surface area contributed by atoms with E-state index in [1.54, 1.807) is 36.4 Å². The summed E-state index contributed by atoms with van der Waals surface area (Å²) in [6.07, 6.45) is 0. The van der Waals surface area contributed by atoms with Crippen LogP contribution < -0.4 is 10.6 Å². The first-order valence-corrected chi connectivity index (χ1v) is 22.2. The van der Waals surface area contributed by atoms with Crippen molar-refractivity contribution < 1.29 is 72.9 Å². The molecule has 5 aromatic carbocycles. The van der Waals surface area contributed by atoms with Crippen LogP contribution in [0.25, 0.3) is 21.5 Å². The number of nitrogens with zero attached hydrogens (tertiary/aromatic N) is 5. The summed E-state index contributed by atoms with van der Waals surface area (Å²) in [5, 5.41) is 51.8. The standard InChI is InChI=1S/C31H24ClN7O16S5/c32-29-35-30(33-18-6-8-19(9-7-18)58(43,44)12-11-51-60(48,49)50)37-31(36-29)34-23-15-20(59(45,46)47)13-17-14-24(56-54-52-41)26(27(40)25(17)23)39-38-22-10-5-16-3-1-2-4-21(16)28(22)57-55-53-42/h1-10,13-15,40-42H,11-12H2,(H,45,46,47)(H,48,49,50)(H2,33,34,35,36,37). The van der Waals surface area contributed by atoms with Gasteiger partial charge in [0.1, 0.15) is 11.4 Å². The van der Waals surface area contributed by atoms with Gasteiger partial charge in [-0.1, -0.05) is 40.4 Å². The normalized spacial score (nSPS) is 12.4. The number of anilines is 4. The summed E-state index contributed by atoms with van der Waals surface area (Å²) < 4.78 is 104. The Hall–Kier alpha value is -4.89. The molecule has 6 aromatic rings. The number of azo groups is 1. The average molecular weight is 946 g/mol. The highest BCUT2D eigenvalue weighted by molar-refractivity contribution is 7.95. The Morgan fingerprint density at radius 1 is 0.750 bits per heavy atom. The summed E-state index contributed by atoms with van der Waals surface area (Å²) in [5.41, 5.74) is -0.165. The third-order valence-corrected chi connectivity index (χ3v) is 12.3. The minimum atomic E-state index is -4.91. The van der Waals surface area contributed by atoms with E-state index in [2.05, 4.69) is 58.7 Å². The van der Waals surface area contributed by atoms with E-state index in [-0.39, 0.29) is 55.2 Å². The molecular weight excluding hydrogens is 922 g/mol. The predicted molar refractivity (Wildman–Crippen MR) is 212 cm³/mol. The molecule has 0 aliphatic carbocycles. The molecule has 0 aliphatic heterocycles. The molecule has 1 aromatic heterocycles. The van der Waals surface area contributed by atoms with Crippen LogP contribution in [-0.4, -0.2) is 77.3 Å². The number of aromatic hydroxyl groups is 1. The largest absolute Gasteiger partial charge is 0.505 e. The quantitative estimate of drug-likeness (QED) is 0.0148. The van der Waals surface area contributed by atoms with Crippen molar-refractivity contribution in [2.75, 3.05) is 23.0 Å². The number of nitrogens with one attached hydrogen (secondary N) is 2. The molecule has 29 heteroatoms. The maximum Gasteiger partial charge on any atom is 0.397 e. The lowest BCUT2D eigenvalue weighted by Gasteiger charge is -2.15. The van der Waals surface area contributed by atoms with Crippen LogP contribution in [0.5, 0.6) is 5.75 Å². The van der Waals surface area contributed by atoms with Crippen LogP contribution in [-0.2, 0) is 53.3 Å². The van der Waals surface area contributed by atoms with E-state index in [9.17, 15) is 34.9 Å². The second kappa shape index (κ2) is 18.8. The molecule has 0 radical (unpaired) electrons. The van der Waals surface area contributed by atoms with E-state index >= 15 is 0 Å². The molecule has 0 aliphatic rings. The summed E-state index contributed by atoms with van der Waals surface area (Å²) in [4.78, 5) is 11.5. The summed E-state index contributed by atoms with van der Waals surface area (Å²) >= 11 is 7.13. The summed E-state index contributed by atoms with van der Waals surface area (Å²) in [5.74, 6) is -1.99. The zero-order chi connectivity index (χ0) is 43.2. The number of sulfone groups is 1. The lowest BCUT2D eigenvalue weighted by atomic mass is 10.1. The molecule has 0 amide bonds. The average Bonchev–Trinajstić information content (AvgIpc) is 3.18. The fraction of sp³-hybridized carbons (Fsp3) is 0.0645. The third-order valence-electron chi connectivity index (χ3n) is 7.75. The molecule has 316 valence electrons. The molecule has 6 rings (SSSR count). The number of aromatic nitrogens is 3. The van der Waals surface area contributed by atoms with E-state index in [1.807, 2.05) is 0 Å². The van der Waals surface area contributed by atoms with E-state index in [0.717, 1.165) is 17.5 Å². The molecule has 0 atom stereocenters. The van der Waals surface area contributed by atoms with Crippen LogP contribution in [0.3, 0.4) is 0 Å². The highest BCUT2D eigenvalue weighted by Gasteiger charge is 2.23. The van der Waals surface area contributed by atoms with Crippen molar-refractivity contribution in [3.8, 4) is 5.75 Å². The van der Waals surface area contributed by atoms with Crippen LogP contribution in [0.2, 0.25) is 5.28 Å². The van der Waals surface area contributed by atoms with Gasteiger partial charge in [-0.3, -0.25) is 9.11 Å². The van der Waals surface area contributed by atoms with E-state index in [1.165, 1.54) is 30.3 Å². The van der Waals surface area contributed by atoms with Crippen LogP contribution in [0, 0.1) is 0 Å². The van der Waals surface area contributed by atoms with Crippen molar-refractivity contribution in [3.63, 3.8) is 0 Å². The Balaban J connectivity index is 1.38. The van der Waals surface area contributed by atoms with Crippen molar-refractivity contribution in [2.45, 2.75) is 19.6 Å². The maximum absolute atomic E-state index is 12.6. The van der Waals surface area contributed by atoms with Gasteiger partial charge in [0.05, 0.1) is 61.7 Å². The molecule has 0 spiro atoms. The smallest absolute Gasteiger partial charge is 0.397 e. The Bertz CT molecular complexity index is 2950. The molecule has 0 unspecified atom stereocenters. The van der Waals surface area contributed by atoms with Gasteiger partial charge in [0.15, 0.2) is 15.6 Å². The summed E-state index contributed by atoms with van der Waals surface area (Å²) in [6.45, 7) is -0.831. The van der Waals surface area contributed by atoms with Crippen LogP contribution in [0.15, 0.2) is 109 Å². The van der Waals surface area contributed by atoms with Gasteiger partial charge in [-0.15, -0.1) is 18.9 Å². The number of rotatable bonds is 18. The van der Waals surface area contributed by atoms with Gasteiger partial charge >= 0.3 is 10.4 Å². The van der Waals surface area contributed by atoms with Gasteiger partial charge in [0, 0.05) is 11.1 Å². The first-order valence-electron chi connectivity index (χ1n) is 15.9. The van der Waals surface area contributed by atoms with Gasteiger partial charge in [0.2, 0.25) is 17.2 Å². The van der Waals surface area contributed by atoms with Gasteiger partial charge < -0.3 is 15.7 Å². The highest BCUT2D eigenvalue weighted by atomic mass is 35.5. The maximum atomic E-state index is 12.6. The fourth-order valence-corrected chi connectivity index (χ4v) is 8.55. The number of hydrogen-bond acceptors (Lipinski definition) is 23. The van der Waals surface area contributed by atoms with Gasteiger partial charge in [-0.2, -0.15) is 31.8 Å². The van der Waals surface area contributed by atoms with E-state index in [0.29, 0.717) is 34.4 Å². The second-order valence-electron chi connectivity index (χ2n) is 11.5. The van der Waals surface area contributed by atoms with Gasteiger partial charge in [-0.25, -0.2) is 23.1 Å². The van der Waals surface area contributed by atoms with Crippen molar-refractivity contribution >= 4 is 122 Å². The number of fused-ring (bicyclic) bond motifs is 2. The Kier molecular flexibility index (Phi) is 14.0. The molecule has 0 saturated heterocycles. The molecule has 1 heterocycles. The van der Waals surface area contributed by atoms with E-state index in [4.69, 9.17) is 26.7 Å². The van der Waals surface area contributed by atoms with Gasteiger partial charge in [0.25, 0.3) is 10.1 Å². The number of phenolic OH excluding ortho intramolecular Hbond substituents is 1. The summed E-state index contributed by atoms with van der Waals surface area (Å²) in [6, 6.07) is 18.5. The van der Waals surface area contributed by atoms with Gasteiger partial charge in [-0.05, 0) is 76.3 Å². The van der Waals surface area contributed by atoms with Crippen molar-refractivity contribution in [2.24, 2.45) is 10.2 Å². The molecule has 7 N–H and O–H groups in total. The first kappa shape index (κ1) is 44.7. The predicted octanol–water partition coefficient (Wildman–Crippen LogP) is 7.14. The Labute approximate surface area is 351 Å². The fourth-order valence-electron chi connectivity index (χ4n) is 5.29. The molecule has 23 nitrogen and oxygen atoms in total. The second-order valence-corrected chi connectivity index (χ2v) is 17.9. The Morgan fingerprint density at radius 2 is 1.43 bits per heavy atom. The number of hydrogen-bond donors (Lipinski definition) is 7. The zero-order valence-electron chi connectivity index (χ0n) is 29.3. The first-order chi connectivity index (χ1) is 28.5.